The Morgan fingerprint density at radius 3 is 2.43 bits per heavy atom. The molecule has 0 saturated heterocycles. The van der Waals surface area contributed by atoms with E-state index in [0.29, 0.717) is 10.5 Å². The molecule has 0 fully saturated rings. The maximum Gasteiger partial charge on any atom is 0.243 e. The lowest BCUT2D eigenvalue weighted by molar-refractivity contribution is 0.315. The summed E-state index contributed by atoms with van der Waals surface area (Å²) in [7, 11) is -1.90. The van der Waals surface area contributed by atoms with Gasteiger partial charge in [-0.15, -0.1) is 0 Å². The molecule has 0 aliphatic carbocycles. The van der Waals surface area contributed by atoms with Crippen LogP contribution in [0.1, 0.15) is 31.9 Å². The van der Waals surface area contributed by atoms with Crippen LogP contribution in [0.4, 0.5) is 0 Å². The number of benzene rings is 1. The second-order valence-electron chi connectivity index (χ2n) is 5.49. The Hall–Kier alpha value is -1.35. The van der Waals surface area contributed by atoms with Crippen molar-refractivity contribution < 1.29 is 8.42 Å². The van der Waals surface area contributed by atoms with E-state index in [9.17, 15) is 8.42 Å². The topological polar surface area (TPSA) is 63.4 Å². The normalized spacial score (nSPS) is 13.1. The van der Waals surface area contributed by atoms with Crippen LogP contribution < -0.4 is 5.73 Å². The minimum Gasteiger partial charge on any atom is -0.320 e. The summed E-state index contributed by atoms with van der Waals surface area (Å²) < 4.78 is 27.0. The maximum atomic E-state index is 12.8. The molecular weight excluding hydrogens is 284 g/mol. The van der Waals surface area contributed by atoms with Gasteiger partial charge in [-0.25, -0.2) is 8.42 Å². The number of hydrogen-bond donors (Lipinski definition) is 1. The lowest BCUT2D eigenvalue weighted by Crippen LogP contribution is -2.38. The first kappa shape index (κ1) is 17.7. The van der Waals surface area contributed by atoms with Crippen LogP contribution in [0, 0.1) is 24.7 Å². The predicted octanol–water partition coefficient (Wildman–Crippen LogP) is 1.97. The van der Waals surface area contributed by atoms with Crippen molar-refractivity contribution in [1.29, 1.82) is 0 Å². The van der Waals surface area contributed by atoms with E-state index in [2.05, 4.69) is 11.8 Å². The first-order valence-electron chi connectivity index (χ1n) is 6.99. The van der Waals surface area contributed by atoms with Gasteiger partial charge in [0.25, 0.3) is 0 Å². The fourth-order valence-electron chi connectivity index (χ4n) is 1.90. The fraction of sp³-hybridized carbons (Fsp3) is 0.500. The van der Waals surface area contributed by atoms with E-state index in [0.717, 1.165) is 5.56 Å². The summed E-state index contributed by atoms with van der Waals surface area (Å²) in [6, 6.07) is 5.13. The van der Waals surface area contributed by atoms with Crippen LogP contribution >= 0.6 is 0 Å². The van der Waals surface area contributed by atoms with Gasteiger partial charge in [-0.2, -0.15) is 4.31 Å². The average molecular weight is 308 g/mol. The summed E-state index contributed by atoms with van der Waals surface area (Å²) in [6.07, 6.45) is 0. The van der Waals surface area contributed by atoms with Gasteiger partial charge in [0.1, 0.15) is 0 Å². The molecule has 0 heterocycles. The van der Waals surface area contributed by atoms with Crippen molar-refractivity contribution in [3.8, 4) is 11.8 Å². The van der Waals surface area contributed by atoms with E-state index in [-0.39, 0.29) is 18.5 Å². The fourth-order valence-corrected chi connectivity index (χ4v) is 3.65. The minimum absolute atomic E-state index is 0.0758. The molecule has 0 bridgehead atoms. The Morgan fingerprint density at radius 2 is 1.90 bits per heavy atom. The first-order chi connectivity index (χ1) is 9.71. The molecule has 21 heavy (non-hydrogen) atoms. The van der Waals surface area contributed by atoms with Crippen LogP contribution in [0.15, 0.2) is 23.1 Å². The summed E-state index contributed by atoms with van der Waals surface area (Å²) in [5.41, 5.74) is 6.73. The smallest absolute Gasteiger partial charge is 0.243 e. The van der Waals surface area contributed by atoms with Crippen molar-refractivity contribution in [3.05, 3.63) is 29.3 Å². The second kappa shape index (κ2) is 7.08. The van der Waals surface area contributed by atoms with Gasteiger partial charge < -0.3 is 5.73 Å². The molecule has 0 radical (unpaired) electrons. The van der Waals surface area contributed by atoms with Crippen molar-refractivity contribution in [3.63, 3.8) is 0 Å². The highest BCUT2D eigenvalue weighted by molar-refractivity contribution is 7.89. The molecule has 4 nitrogen and oxygen atoms in total. The molecule has 0 saturated carbocycles. The van der Waals surface area contributed by atoms with Crippen LogP contribution in [0.2, 0.25) is 0 Å². The molecule has 0 aromatic heterocycles. The van der Waals surface area contributed by atoms with E-state index in [4.69, 9.17) is 5.73 Å². The Balaban J connectivity index is 3.31. The van der Waals surface area contributed by atoms with Gasteiger partial charge in [-0.1, -0.05) is 31.8 Å². The molecule has 1 rings (SSSR count). The Kier molecular flexibility index (Phi) is 5.97. The van der Waals surface area contributed by atoms with Crippen LogP contribution in [-0.2, 0) is 10.0 Å². The Labute approximate surface area is 128 Å². The van der Waals surface area contributed by atoms with Gasteiger partial charge in [0.05, 0.1) is 11.4 Å². The molecule has 1 atom stereocenters. The largest absolute Gasteiger partial charge is 0.320 e. The summed E-state index contributed by atoms with van der Waals surface area (Å²) in [5, 5.41) is 0. The molecule has 1 aromatic carbocycles. The van der Waals surface area contributed by atoms with E-state index in [1.54, 1.807) is 26.1 Å². The molecule has 0 spiro atoms. The molecule has 116 valence electrons. The van der Waals surface area contributed by atoms with Gasteiger partial charge in [0.2, 0.25) is 10.0 Å². The number of rotatable bonds is 4. The summed E-state index contributed by atoms with van der Waals surface area (Å²) >= 11 is 0. The van der Waals surface area contributed by atoms with E-state index in [1.807, 2.05) is 26.8 Å². The van der Waals surface area contributed by atoms with Crippen LogP contribution in [-0.4, -0.2) is 32.4 Å². The van der Waals surface area contributed by atoms with E-state index in [1.165, 1.54) is 4.31 Å². The zero-order chi connectivity index (χ0) is 16.2. The number of nitrogens with zero attached hydrogens (tertiary/aromatic N) is 1. The zero-order valence-electron chi connectivity index (χ0n) is 13.3. The molecule has 0 aliphatic heterocycles. The van der Waals surface area contributed by atoms with Crippen molar-refractivity contribution in [2.24, 2.45) is 11.7 Å². The van der Waals surface area contributed by atoms with Gasteiger partial charge in [0.15, 0.2) is 0 Å². The van der Waals surface area contributed by atoms with Crippen molar-refractivity contribution in [1.82, 2.24) is 4.31 Å². The molecule has 1 unspecified atom stereocenters. The van der Waals surface area contributed by atoms with Crippen LogP contribution in [0.25, 0.3) is 0 Å². The maximum absolute atomic E-state index is 12.8. The molecule has 2 N–H and O–H groups in total. The van der Waals surface area contributed by atoms with Crippen molar-refractivity contribution >= 4 is 10.0 Å². The van der Waals surface area contributed by atoms with Crippen LogP contribution in [0.5, 0.6) is 0 Å². The van der Waals surface area contributed by atoms with Gasteiger partial charge >= 0.3 is 0 Å². The van der Waals surface area contributed by atoms with Gasteiger partial charge in [-0.3, -0.25) is 0 Å². The summed E-state index contributed by atoms with van der Waals surface area (Å²) in [4.78, 5) is 0.307. The standard InChI is InChI=1S/C16H24N2O2S/c1-12(2)14(4)18(5)21(19,20)16-11-15(7-6-10-17)9-8-13(16)3/h8-9,11-12,14H,10,17H2,1-5H3. The second-order valence-corrected chi connectivity index (χ2v) is 7.46. The highest BCUT2D eigenvalue weighted by atomic mass is 32.2. The number of hydrogen-bond acceptors (Lipinski definition) is 3. The quantitative estimate of drug-likeness (QED) is 0.865. The molecular formula is C16H24N2O2S. The third-order valence-corrected chi connectivity index (χ3v) is 5.80. The SMILES string of the molecule is Cc1ccc(C#CCN)cc1S(=O)(=O)N(C)C(C)C(C)C. The predicted molar refractivity (Wildman–Crippen MR) is 86.4 cm³/mol. The average Bonchev–Trinajstić information content (AvgIpc) is 2.44. The molecule has 0 aliphatic rings. The summed E-state index contributed by atoms with van der Waals surface area (Å²) in [5.74, 6) is 5.86. The molecule has 0 amide bonds. The highest BCUT2D eigenvalue weighted by Gasteiger charge is 2.28. The minimum atomic E-state index is -3.53. The summed E-state index contributed by atoms with van der Waals surface area (Å²) in [6.45, 7) is 7.97. The molecule has 1 aromatic rings. The first-order valence-corrected chi connectivity index (χ1v) is 8.43. The van der Waals surface area contributed by atoms with Crippen molar-refractivity contribution in [2.75, 3.05) is 13.6 Å². The number of sulfonamides is 1. The Bertz CT molecular complexity index is 655. The number of nitrogens with two attached hydrogens (primary N) is 1. The number of aryl methyl sites for hydroxylation is 1. The zero-order valence-corrected chi connectivity index (χ0v) is 14.2. The van der Waals surface area contributed by atoms with E-state index >= 15 is 0 Å². The van der Waals surface area contributed by atoms with Crippen molar-refractivity contribution in [2.45, 2.75) is 38.6 Å². The monoisotopic (exact) mass is 308 g/mol. The van der Waals surface area contributed by atoms with Gasteiger partial charge in [-0.05, 0) is 37.5 Å². The van der Waals surface area contributed by atoms with Gasteiger partial charge in [0, 0.05) is 18.7 Å². The highest BCUT2D eigenvalue weighted by Crippen LogP contribution is 2.23. The van der Waals surface area contributed by atoms with Crippen LogP contribution in [0.3, 0.4) is 0 Å². The lowest BCUT2D eigenvalue weighted by Gasteiger charge is -2.27. The third kappa shape index (κ3) is 4.07. The molecule has 5 heteroatoms. The Morgan fingerprint density at radius 1 is 1.29 bits per heavy atom. The van der Waals surface area contributed by atoms with E-state index < -0.39 is 10.0 Å². The third-order valence-electron chi connectivity index (χ3n) is 3.72. The lowest BCUT2D eigenvalue weighted by atomic mass is 10.1.